The number of hydrogen-bond acceptors (Lipinski definition) is 5. The van der Waals surface area contributed by atoms with Gasteiger partial charge in [-0.05, 0) is 36.2 Å². The number of ether oxygens (including phenoxy) is 1. The Balaban J connectivity index is 1.80. The highest BCUT2D eigenvalue weighted by molar-refractivity contribution is 6.30. The van der Waals surface area contributed by atoms with E-state index in [0.29, 0.717) is 11.6 Å². The van der Waals surface area contributed by atoms with E-state index < -0.39 is 6.09 Å². The van der Waals surface area contributed by atoms with E-state index in [2.05, 4.69) is 25.6 Å². The third-order valence-electron chi connectivity index (χ3n) is 2.71. The van der Waals surface area contributed by atoms with Gasteiger partial charge in [-0.1, -0.05) is 23.7 Å². The lowest BCUT2D eigenvalue weighted by atomic mass is 10.1. The first-order valence-corrected chi connectivity index (χ1v) is 6.72. The number of nitrogens with one attached hydrogen (secondary N) is 2. The zero-order chi connectivity index (χ0) is 15.1. The van der Waals surface area contributed by atoms with E-state index in [-0.39, 0.29) is 0 Å². The minimum Gasteiger partial charge on any atom is -0.453 e. The SMILES string of the molecule is COC(=O)Nc1ccc(NCCc2ccc(Cl)cc2)nn1. The first kappa shape index (κ1) is 15.1. The van der Waals surface area contributed by atoms with Crippen molar-refractivity contribution in [3.8, 4) is 0 Å². The van der Waals surface area contributed by atoms with Crippen LogP contribution in [0.15, 0.2) is 36.4 Å². The number of halogens is 1. The van der Waals surface area contributed by atoms with E-state index in [1.54, 1.807) is 12.1 Å². The standard InChI is InChI=1S/C14H15ClN4O2/c1-21-14(20)17-13-7-6-12(18-19-13)16-9-8-10-2-4-11(15)5-3-10/h2-7H,8-9H2,1H3,(H,16,18)(H,17,19,20). The number of nitrogens with zero attached hydrogens (tertiary/aromatic N) is 2. The number of amides is 1. The molecule has 0 spiro atoms. The van der Waals surface area contributed by atoms with Crippen molar-refractivity contribution >= 4 is 29.3 Å². The van der Waals surface area contributed by atoms with Gasteiger partial charge >= 0.3 is 6.09 Å². The van der Waals surface area contributed by atoms with E-state index in [4.69, 9.17) is 11.6 Å². The second kappa shape index (κ2) is 7.44. The third-order valence-corrected chi connectivity index (χ3v) is 2.97. The molecule has 2 aromatic rings. The van der Waals surface area contributed by atoms with Gasteiger partial charge in [0.1, 0.15) is 5.82 Å². The van der Waals surface area contributed by atoms with Crippen molar-refractivity contribution in [2.24, 2.45) is 0 Å². The van der Waals surface area contributed by atoms with Crippen molar-refractivity contribution in [1.82, 2.24) is 10.2 Å². The zero-order valence-corrected chi connectivity index (χ0v) is 12.2. The second-order valence-corrected chi connectivity index (χ2v) is 4.66. The highest BCUT2D eigenvalue weighted by Crippen LogP contribution is 2.10. The second-order valence-electron chi connectivity index (χ2n) is 4.22. The molecule has 0 radical (unpaired) electrons. The number of anilines is 2. The molecule has 2 rings (SSSR count). The number of aromatic nitrogens is 2. The van der Waals surface area contributed by atoms with Crippen LogP contribution in [-0.2, 0) is 11.2 Å². The molecule has 0 aliphatic rings. The van der Waals surface area contributed by atoms with Crippen LogP contribution in [0.1, 0.15) is 5.56 Å². The molecule has 2 N–H and O–H groups in total. The lowest BCUT2D eigenvalue weighted by Crippen LogP contribution is -2.13. The largest absolute Gasteiger partial charge is 0.453 e. The molecule has 21 heavy (non-hydrogen) atoms. The fraction of sp³-hybridized carbons (Fsp3) is 0.214. The van der Waals surface area contributed by atoms with Gasteiger partial charge in [0.25, 0.3) is 0 Å². The minimum absolute atomic E-state index is 0.338. The molecule has 7 heteroatoms. The van der Waals surface area contributed by atoms with Gasteiger partial charge in [-0.3, -0.25) is 5.32 Å². The Morgan fingerprint density at radius 1 is 1.14 bits per heavy atom. The van der Waals surface area contributed by atoms with Gasteiger partial charge < -0.3 is 10.1 Å². The maximum absolute atomic E-state index is 11.0. The third kappa shape index (κ3) is 4.92. The lowest BCUT2D eigenvalue weighted by molar-refractivity contribution is 0.187. The van der Waals surface area contributed by atoms with Crippen LogP contribution in [0.5, 0.6) is 0 Å². The van der Waals surface area contributed by atoms with Gasteiger partial charge in [0.05, 0.1) is 7.11 Å². The van der Waals surface area contributed by atoms with Crippen LogP contribution >= 0.6 is 11.6 Å². The molecule has 1 aromatic heterocycles. The molecule has 0 fully saturated rings. The molecule has 0 unspecified atom stereocenters. The van der Waals surface area contributed by atoms with Crippen LogP contribution in [0, 0.1) is 0 Å². The molecule has 6 nitrogen and oxygen atoms in total. The number of methoxy groups -OCH3 is 1. The first-order valence-electron chi connectivity index (χ1n) is 6.34. The summed E-state index contributed by atoms with van der Waals surface area (Å²) in [5.41, 5.74) is 1.18. The average Bonchev–Trinajstić information content (AvgIpc) is 2.51. The fourth-order valence-electron chi connectivity index (χ4n) is 1.63. The van der Waals surface area contributed by atoms with Crippen LogP contribution in [0.2, 0.25) is 5.02 Å². The molecular formula is C14H15ClN4O2. The summed E-state index contributed by atoms with van der Waals surface area (Å²) in [7, 11) is 1.29. The summed E-state index contributed by atoms with van der Waals surface area (Å²) in [6.07, 6.45) is 0.272. The van der Waals surface area contributed by atoms with Crippen molar-refractivity contribution in [3.63, 3.8) is 0 Å². The molecule has 1 heterocycles. The molecule has 1 aromatic carbocycles. The smallest absolute Gasteiger partial charge is 0.412 e. The molecule has 0 saturated heterocycles. The number of hydrogen-bond donors (Lipinski definition) is 2. The lowest BCUT2D eigenvalue weighted by Gasteiger charge is -2.06. The van der Waals surface area contributed by atoms with E-state index in [9.17, 15) is 4.79 Å². The van der Waals surface area contributed by atoms with Crippen LogP contribution in [0.4, 0.5) is 16.4 Å². The molecule has 0 atom stereocenters. The van der Waals surface area contributed by atoms with E-state index in [1.807, 2.05) is 24.3 Å². The maximum atomic E-state index is 11.0. The van der Waals surface area contributed by atoms with Gasteiger partial charge in [0.2, 0.25) is 0 Å². The Bertz CT molecular complexity index is 587. The summed E-state index contributed by atoms with van der Waals surface area (Å²) in [5, 5.41) is 14.1. The van der Waals surface area contributed by atoms with Crippen LogP contribution in [0.3, 0.4) is 0 Å². The summed E-state index contributed by atoms with van der Waals surface area (Å²) in [5.74, 6) is 0.976. The molecule has 0 bridgehead atoms. The molecule has 110 valence electrons. The number of benzene rings is 1. The van der Waals surface area contributed by atoms with E-state index >= 15 is 0 Å². The van der Waals surface area contributed by atoms with E-state index in [0.717, 1.165) is 18.0 Å². The molecule has 0 aliphatic heterocycles. The first-order chi connectivity index (χ1) is 10.2. The monoisotopic (exact) mass is 306 g/mol. The van der Waals surface area contributed by atoms with Crippen LogP contribution in [0.25, 0.3) is 0 Å². The molecule has 0 saturated carbocycles. The Labute approximate surface area is 127 Å². The minimum atomic E-state index is -0.576. The van der Waals surface area contributed by atoms with Crippen molar-refractivity contribution < 1.29 is 9.53 Å². The number of carbonyl (C=O) groups excluding carboxylic acids is 1. The van der Waals surface area contributed by atoms with Gasteiger partial charge in [0.15, 0.2) is 5.82 Å². The summed E-state index contributed by atoms with van der Waals surface area (Å²) in [4.78, 5) is 11.0. The summed E-state index contributed by atoms with van der Waals surface area (Å²) in [6, 6.07) is 11.1. The van der Waals surface area contributed by atoms with Gasteiger partial charge in [-0.15, -0.1) is 10.2 Å². The Morgan fingerprint density at radius 3 is 2.43 bits per heavy atom. The predicted molar refractivity (Wildman–Crippen MR) is 81.7 cm³/mol. The molecular weight excluding hydrogens is 292 g/mol. The molecule has 0 aliphatic carbocycles. The molecule has 1 amide bonds. The quantitative estimate of drug-likeness (QED) is 0.888. The predicted octanol–water partition coefficient (Wildman–Crippen LogP) is 2.96. The van der Waals surface area contributed by atoms with E-state index in [1.165, 1.54) is 12.7 Å². The van der Waals surface area contributed by atoms with Crippen molar-refractivity contribution in [1.29, 1.82) is 0 Å². The Hall–Kier alpha value is -2.34. The van der Waals surface area contributed by atoms with Crippen molar-refractivity contribution in [2.45, 2.75) is 6.42 Å². The normalized spacial score (nSPS) is 10.0. The highest BCUT2D eigenvalue weighted by Gasteiger charge is 2.02. The number of carbonyl (C=O) groups is 1. The summed E-state index contributed by atoms with van der Waals surface area (Å²) in [6.45, 7) is 0.722. The number of rotatable bonds is 5. The Morgan fingerprint density at radius 2 is 1.81 bits per heavy atom. The van der Waals surface area contributed by atoms with Crippen LogP contribution < -0.4 is 10.6 Å². The van der Waals surface area contributed by atoms with Gasteiger partial charge in [0, 0.05) is 11.6 Å². The van der Waals surface area contributed by atoms with Gasteiger partial charge in [-0.25, -0.2) is 4.79 Å². The fourth-order valence-corrected chi connectivity index (χ4v) is 1.76. The van der Waals surface area contributed by atoms with Crippen molar-refractivity contribution in [2.75, 3.05) is 24.3 Å². The van der Waals surface area contributed by atoms with Gasteiger partial charge in [-0.2, -0.15) is 0 Å². The highest BCUT2D eigenvalue weighted by atomic mass is 35.5. The van der Waals surface area contributed by atoms with Crippen molar-refractivity contribution in [3.05, 3.63) is 47.0 Å². The average molecular weight is 307 g/mol. The Kier molecular flexibility index (Phi) is 5.34. The topological polar surface area (TPSA) is 76.1 Å². The zero-order valence-electron chi connectivity index (χ0n) is 11.5. The summed E-state index contributed by atoms with van der Waals surface area (Å²) < 4.78 is 4.46. The maximum Gasteiger partial charge on any atom is 0.412 e. The summed E-state index contributed by atoms with van der Waals surface area (Å²) >= 11 is 5.83. The van der Waals surface area contributed by atoms with Crippen LogP contribution in [-0.4, -0.2) is 29.9 Å².